The van der Waals surface area contributed by atoms with Crippen LogP contribution in [0.25, 0.3) is 0 Å². The van der Waals surface area contributed by atoms with Crippen molar-refractivity contribution in [2.75, 3.05) is 20.1 Å². The van der Waals surface area contributed by atoms with Gasteiger partial charge in [-0.1, -0.05) is 12.8 Å². The summed E-state index contributed by atoms with van der Waals surface area (Å²) in [5, 5.41) is 12.0. The predicted molar refractivity (Wildman–Crippen MR) is 68.8 cm³/mol. The minimum absolute atomic E-state index is 0.0470. The molecular weight excluding hydrogens is 216 g/mol. The number of carbonyl (C=O) groups excluding carboxylic acids is 1. The summed E-state index contributed by atoms with van der Waals surface area (Å²) in [7, 11) is 2.14. The number of carbonyl (C=O) groups is 1. The molecule has 2 N–H and O–H groups in total. The van der Waals surface area contributed by atoms with Gasteiger partial charge in [0, 0.05) is 25.6 Å². The smallest absolute Gasteiger partial charge is 0.220 e. The topological polar surface area (TPSA) is 52.6 Å². The predicted octanol–water partition coefficient (Wildman–Crippen LogP) is 1.14. The zero-order valence-electron chi connectivity index (χ0n) is 11.1. The van der Waals surface area contributed by atoms with E-state index in [-0.39, 0.29) is 12.0 Å². The summed E-state index contributed by atoms with van der Waals surface area (Å²) >= 11 is 0. The molecule has 1 rings (SSSR count). The number of aliphatic hydroxyl groups is 1. The summed E-state index contributed by atoms with van der Waals surface area (Å²) in [6.45, 7) is 3.35. The number of nitrogens with one attached hydrogen (secondary N) is 1. The van der Waals surface area contributed by atoms with Crippen molar-refractivity contribution in [3.05, 3.63) is 0 Å². The fourth-order valence-corrected chi connectivity index (χ4v) is 2.33. The number of likely N-dealkylation sites (N-methyl/N-ethyl adjacent to an activating group) is 1. The van der Waals surface area contributed by atoms with Gasteiger partial charge in [0.2, 0.25) is 5.91 Å². The molecule has 0 aromatic heterocycles. The van der Waals surface area contributed by atoms with E-state index in [0.717, 1.165) is 6.54 Å². The van der Waals surface area contributed by atoms with Gasteiger partial charge in [0.05, 0.1) is 6.10 Å². The van der Waals surface area contributed by atoms with Crippen LogP contribution in [0.4, 0.5) is 0 Å². The highest BCUT2D eigenvalue weighted by Crippen LogP contribution is 2.21. The van der Waals surface area contributed by atoms with Gasteiger partial charge >= 0.3 is 0 Å². The van der Waals surface area contributed by atoms with E-state index in [9.17, 15) is 4.79 Å². The molecule has 17 heavy (non-hydrogen) atoms. The Bertz CT molecular complexity index is 225. The summed E-state index contributed by atoms with van der Waals surface area (Å²) in [6.07, 6.45) is 5.86. The highest BCUT2D eigenvalue weighted by molar-refractivity contribution is 5.75. The zero-order valence-corrected chi connectivity index (χ0v) is 11.1. The second kappa shape index (κ2) is 7.67. The minimum atomic E-state index is -0.387. The van der Waals surface area contributed by atoms with E-state index < -0.39 is 0 Å². The Balaban J connectivity index is 2.04. The molecule has 0 aromatic carbocycles. The summed E-state index contributed by atoms with van der Waals surface area (Å²) in [5.74, 6) is 0.0470. The van der Waals surface area contributed by atoms with Gasteiger partial charge in [-0.15, -0.1) is 0 Å². The molecule has 0 radical (unpaired) electrons. The van der Waals surface area contributed by atoms with Gasteiger partial charge in [-0.2, -0.15) is 0 Å². The Kier molecular flexibility index (Phi) is 6.52. The van der Waals surface area contributed by atoms with Crippen molar-refractivity contribution in [1.29, 1.82) is 0 Å². The first-order valence-electron chi connectivity index (χ1n) is 6.74. The molecule has 0 heterocycles. The van der Waals surface area contributed by atoms with E-state index in [4.69, 9.17) is 5.11 Å². The fourth-order valence-electron chi connectivity index (χ4n) is 2.33. The van der Waals surface area contributed by atoms with Crippen molar-refractivity contribution in [2.24, 2.45) is 0 Å². The van der Waals surface area contributed by atoms with E-state index in [1.54, 1.807) is 6.92 Å². The van der Waals surface area contributed by atoms with Gasteiger partial charge in [-0.3, -0.25) is 4.79 Å². The Hall–Kier alpha value is -0.610. The van der Waals surface area contributed by atoms with E-state index in [1.165, 1.54) is 25.7 Å². The largest absolute Gasteiger partial charge is 0.393 e. The molecule has 1 saturated carbocycles. The first-order valence-corrected chi connectivity index (χ1v) is 6.74. The Morgan fingerprint density at radius 2 is 2.12 bits per heavy atom. The van der Waals surface area contributed by atoms with E-state index in [2.05, 4.69) is 17.3 Å². The van der Waals surface area contributed by atoms with Gasteiger partial charge in [0.15, 0.2) is 0 Å². The molecular formula is C13H26N2O2. The molecule has 4 heteroatoms. The first-order chi connectivity index (χ1) is 8.09. The summed E-state index contributed by atoms with van der Waals surface area (Å²) in [6, 6.07) is 0.712. The standard InChI is InChI=1S/C13H26N2O2/c1-11(16)7-8-13(17)14-9-10-15(2)12-5-3-4-6-12/h11-12,16H,3-10H2,1-2H3,(H,14,17). The summed E-state index contributed by atoms with van der Waals surface area (Å²) < 4.78 is 0. The van der Waals surface area contributed by atoms with Gasteiger partial charge in [-0.05, 0) is 33.2 Å². The maximum absolute atomic E-state index is 11.4. The number of hydrogen-bond acceptors (Lipinski definition) is 3. The highest BCUT2D eigenvalue weighted by Gasteiger charge is 2.18. The molecule has 0 saturated heterocycles. The highest BCUT2D eigenvalue weighted by atomic mass is 16.3. The molecule has 1 aliphatic rings. The normalized spacial score (nSPS) is 18.6. The second-order valence-electron chi connectivity index (χ2n) is 5.16. The van der Waals surface area contributed by atoms with E-state index in [0.29, 0.717) is 25.4 Å². The van der Waals surface area contributed by atoms with Crippen LogP contribution >= 0.6 is 0 Å². The number of aliphatic hydroxyl groups excluding tert-OH is 1. The molecule has 4 nitrogen and oxygen atoms in total. The third-order valence-electron chi connectivity index (χ3n) is 3.52. The third-order valence-corrected chi connectivity index (χ3v) is 3.52. The molecule has 1 fully saturated rings. The SMILES string of the molecule is CC(O)CCC(=O)NCCN(C)C1CCCC1. The Morgan fingerprint density at radius 3 is 2.71 bits per heavy atom. The van der Waals surface area contributed by atoms with Gasteiger partial charge < -0.3 is 15.3 Å². The Labute approximate surface area is 104 Å². The number of nitrogens with zero attached hydrogens (tertiary/aromatic N) is 1. The molecule has 1 amide bonds. The van der Waals surface area contributed by atoms with Crippen molar-refractivity contribution in [1.82, 2.24) is 10.2 Å². The maximum Gasteiger partial charge on any atom is 0.220 e. The molecule has 1 unspecified atom stereocenters. The van der Waals surface area contributed by atoms with E-state index >= 15 is 0 Å². The molecule has 0 bridgehead atoms. The Morgan fingerprint density at radius 1 is 1.47 bits per heavy atom. The van der Waals surface area contributed by atoms with Crippen molar-refractivity contribution in [3.63, 3.8) is 0 Å². The zero-order chi connectivity index (χ0) is 12.7. The quantitative estimate of drug-likeness (QED) is 0.704. The van der Waals surface area contributed by atoms with Crippen molar-refractivity contribution in [3.8, 4) is 0 Å². The van der Waals surface area contributed by atoms with Gasteiger partial charge in [0.1, 0.15) is 0 Å². The number of hydrogen-bond donors (Lipinski definition) is 2. The van der Waals surface area contributed by atoms with E-state index in [1.807, 2.05) is 0 Å². The lowest BCUT2D eigenvalue weighted by Crippen LogP contribution is -2.37. The lowest BCUT2D eigenvalue weighted by Gasteiger charge is -2.23. The fraction of sp³-hybridized carbons (Fsp3) is 0.923. The number of rotatable bonds is 7. The van der Waals surface area contributed by atoms with Crippen molar-refractivity contribution < 1.29 is 9.90 Å². The second-order valence-corrected chi connectivity index (χ2v) is 5.16. The molecule has 0 spiro atoms. The van der Waals surface area contributed by atoms with Crippen LogP contribution in [0.1, 0.15) is 45.4 Å². The lowest BCUT2D eigenvalue weighted by atomic mass is 10.2. The lowest BCUT2D eigenvalue weighted by molar-refractivity contribution is -0.121. The van der Waals surface area contributed by atoms with Crippen LogP contribution in [0.5, 0.6) is 0 Å². The van der Waals surface area contributed by atoms with Crippen LogP contribution in [0.15, 0.2) is 0 Å². The van der Waals surface area contributed by atoms with Gasteiger partial charge in [0.25, 0.3) is 0 Å². The van der Waals surface area contributed by atoms with Crippen LogP contribution in [0.2, 0.25) is 0 Å². The summed E-state index contributed by atoms with van der Waals surface area (Å²) in [5.41, 5.74) is 0. The van der Waals surface area contributed by atoms with Crippen LogP contribution in [-0.2, 0) is 4.79 Å². The number of amides is 1. The molecule has 100 valence electrons. The van der Waals surface area contributed by atoms with Crippen molar-refractivity contribution in [2.45, 2.75) is 57.6 Å². The van der Waals surface area contributed by atoms with Crippen LogP contribution in [0, 0.1) is 0 Å². The monoisotopic (exact) mass is 242 g/mol. The summed E-state index contributed by atoms with van der Waals surface area (Å²) in [4.78, 5) is 13.8. The maximum atomic E-state index is 11.4. The molecule has 1 atom stereocenters. The molecule has 1 aliphatic carbocycles. The molecule has 0 aliphatic heterocycles. The third kappa shape index (κ3) is 6.03. The first kappa shape index (κ1) is 14.5. The van der Waals surface area contributed by atoms with Crippen LogP contribution in [-0.4, -0.2) is 48.2 Å². The van der Waals surface area contributed by atoms with Crippen LogP contribution < -0.4 is 5.32 Å². The average Bonchev–Trinajstić information content (AvgIpc) is 2.79. The van der Waals surface area contributed by atoms with Crippen LogP contribution in [0.3, 0.4) is 0 Å². The average molecular weight is 242 g/mol. The minimum Gasteiger partial charge on any atom is -0.393 e. The van der Waals surface area contributed by atoms with Gasteiger partial charge in [-0.25, -0.2) is 0 Å². The van der Waals surface area contributed by atoms with Crippen molar-refractivity contribution >= 4 is 5.91 Å². The molecule has 0 aromatic rings.